The monoisotopic (exact) mass is 686 g/mol. The van der Waals surface area contributed by atoms with Crippen LogP contribution in [0, 0.1) is 0 Å². The van der Waals surface area contributed by atoms with E-state index in [1.165, 1.54) is 41.7 Å². The second-order valence-electron chi connectivity index (χ2n) is 10.4. The molecule has 2 unspecified atom stereocenters. The minimum absolute atomic E-state index is 0.182. The van der Waals surface area contributed by atoms with Gasteiger partial charge in [-0.2, -0.15) is 0 Å². The number of rotatable bonds is 9. The Hall–Kier alpha value is -2.38. The molecule has 0 fully saturated rings. The van der Waals surface area contributed by atoms with Crippen LogP contribution in [0.2, 0.25) is 0 Å². The Labute approximate surface area is 259 Å². The molecule has 0 radical (unpaired) electrons. The molecule has 0 bridgehead atoms. The highest BCUT2D eigenvalue weighted by Gasteiger charge is 2.55. The van der Waals surface area contributed by atoms with Gasteiger partial charge in [0.15, 0.2) is 0 Å². The first-order valence-corrected chi connectivity index (χ1v) is 17.7. The first-order valence-electron chi connectivity index (χ1n) is 13.8. The number of fused-ring (bicyclic) bond motifs is 5. The highest BCUT2D eigenvalue weighted by Crippen LogP contribution is 2.64. The Morgan fingerprint density at radius 3 is 1.55 bits per heavy atom. The van der Waals surface area contributed by atoms with Gasteiger partial charge in [-0.3, -0.25) is 0 Å². The summed E-state index contributed by atoms with van der Waals surface area (Å²) in [5, 5.41) is 4.33. The van der Waals surface area contributed by atoms with Crippen LogP contribution < -0.4 is 0 Å². The Morgan fingerprint density at radius 1 is 0.575 bits per heavy atom. The van der Waals surface area contributed by atoms with Gasteiger partial charge in [0.25, 0.3) is 0 Å². The van der Waals surface area contributed by atoms with Gasteiger partial charge in [0.05, 0.1) is 30.4 Å². The van der Waals surface area contributed by atoms with Crippen LogP contribution in [0.15, 0.2) is 97.1 Å². The molecule has 1 aliphatic rings. The van der Waals surface area contributed by atoms with E-state index >= 15 is 0 Å². The van der Waals surface area contributed by atoms with E-state index in [1.54, 1.807) is 0 Å². The van der Waals surface area contributed by atoms with Crippen LogP contribution in [0.25, 0.3) is 31.6 Å². The van der Waals surface area contributed by atoms with E-state index in [2.05, 4.69) is 129 Å². The zero-order valence-corrected chi connectivity index (χ0v) is 26.7. The molecule has 2 nitrogen and oxygen atoms in total. The zero-order valence-electron chi connectivity index (χ0n) is 21.9. The Bertz CT molecular complexity index is 1700. The molecule has 0 spiro atoms. The van der Waals surface area contributed by atoms with Crippen LogP contribution in [0.3, 0.4) is 0 Å². The SMILES string of the molecule is BrCCCC(c1nc2ccccc2s1)C1(C(CCBr)c2nc3ccccc3s2)c2ccccc2-c2ccccc21. The zero-order chi connectivity index (χ0) is 27.1. The van der Waals surface area contributed by atoms with Crippen LogP contribution >= 0.6 is 54.5 Å². The molecular formula is C34H28Br2N2S2. The number of nitrogens with zero attached hydrogens (tertiary/aromatic N) is 2. The molecule has 7 rings (SSSR count). The fourth-order valence-electron chi connectivity index (χ4n) is 6.86. The first kappa shape index (κ1) is 26.5. The van der Waals surface area contributed by atoms with E-state index in [4.69, 9.17) is 9.97 Å². The fraction of sp³-hybridized carbons (Fsp3) is 0.235. The third-order valence-corrected chi connectivity index (χ3v) is 11.7. The van der Waals surface area contributed by atoms with Crippen molar-refractivity contribution >= 4 is 75.0 Å². The van der Waals surface area contributed by atoms with E-state index in [0.717, 1.165) is 41.0 Å². The van der Waals surface area contributed by atoms with Gasteiger partial charge in [-0.15, -0.1) is 22.7 Å². The topological polar surface area (TPSA) is 25.8 Å². The second kappa shape index (κ2) is 11.1. The van der Waals surface area contributed by atoms with Crippen molar-refractivity contribution in [3.63, 3.8) is 0 Å². The molecule has 200 valence electrons. The molecule has 6 aromatic rings. The number of aromatic nitrogens is 2. The highest BCUT2D eigenvalue weighted by molar-refractivity contribution is 9.09. The van der Waals surface area contributed by atoms with Gasteiger partial charge in [0.2, 0.25) is 0 Å². The lowest BCUT2D eigenvalue weighted by Gasteiger charge is -2.44. The van der Waals surface area contributed by atoms with Crippen LogP contribution in [-0.4, -0.2) is 20.6 Å². The largest absolute Gasteiger partial charge is 0.241 e. The molecule has 0 amide bonds. The van der Waals surface area contributed by atoms with Crippen molar-refractivity contribution in [1.82, 2.24) is 9.97 Å². The van der Waals surface area contributed by atoms with Crippen molar-refractivity contribution in [2.24, 2.45) is 0 Å². The van der Waals surface area contributed by atoms with E-state index < -0.39 is 0 Å². The van der Waals surface area contributed by atoms with E-state index in [9.17, 15) is 0 Å². The lowest BCUT2D eigenvalue weighted by molar-refractivity contribution is 0.320. The first-order chi connectivity index (χ1) is 19.8. The summed E-state index contributed by atoms with van der Waals surface area (Å²) >= 11 is 11.4. The Morgan fingerprint density at radius 2 is 1.05 bits per heavy atom. The van der Waals surface area contributed by atoms with E-state index in [-0.39, 0.29) is 17.3 Å². The van der Waals surface area contributed by atoms with Gasteiger partial charge < -0.3 is 0 Å². The summed E-state index contributed by atoms with van der Waals surface area (Å²) in [6, 6.07) is 35.4. The van der Waals surface area contributed by atoms with Crippen molar-refractivity contribution in [3.05, 3.63) is 118 Å². The second-order valence-corrected chi connectivity index (χ2v) is 14.1. The van der Waals surface area contributed by atoms with Gasteiger partial charge in [-0.25, -0.2) is 9.97 Å². The Balaban J connectivity index is 1.57. The van der Waals surface area contributed by atoms with Gasteiger partial charge >= 0.3 is 0 Å². The summed E-state index contributed by atoms with van der Waals surface area (Å²) in [6.07, 6.45) is 3.10. The number of para-hydroxylation sites is 2. The van der Waals surface area contributed by atoms with Crippen LogP contribution in [0.5, 0.6) is 0 Å². The maximum Gasteiger partial charge on any atom is 0.0982 e. The van der Waals surface area contributed by atoms with Gasteiger partial charge in [0.1, 0.15) is 0 Å². The summed E-state index contributed by atoms with van der Waals surface area (Å²) in [7, 11) is 0. The lowest BCUT2D eigenvalue weighted by atomic mass is 9.59. The number of halogens is 2. The van der Waals surface area contributed by atoms with Crippen molar-refractivity contribution in [1.29, 1.82) is 0 Å². The van der Waals surface area contributed by atoms with Crippen LogP contribution in [-0.2, 0) is 5.41 Å². The standard InChI is InChI=1S/C34H28Br2N2S2/c35-20-9-14-26(32-37-28-15-5-7-17-30(28)39-32)34(24-12-3-1-10-22(24)23-11-2-4-13-25(23)34)27(19-21-36)33-38-29-16-6-8-18-31(29)40-33/h1-8,10-13,15-18,26-27H,9,14,19-21H2. The number of benzene rings is 4. The molecule has 2 atom stereocenters. The van der Waals surface area contributed by atoms with Gasteiger partial charge in [0, 0.05) is 27.9 Å². The molecule has 0 saturated carbocycles. The van der Waals surface area contributed by atoms with Gasteiger partial charge in [-0.1, -0.05) is 105 Å². The lowest BCUT2D eigenvalue weighted by Crippen LogP contribution is -2.40. The molecule has 2 heterocycles. The average Bonchev–Trinajstić information content (AvgIpc) is 3.70. The van der Waals surface area contributed by atoms with Gasteiger partial charge in [-0.05, 0) is 65.8 Å². The summed E-state index contributed by atoms with van der Waals surface area (Å²) in [5.41, 5.74) is 7.42. The van der Waals surface area contributed by atoms with Crippen molar-refractivity contribution < 1.29 is 0 Å². The maximum atomic E-state index is 5.35. The molecule has 40 heavy (non-hydrogen) atoms. The van der Waals surface area contributed by atoms with E-state index in [1.807, 2.05) is 22.7 Å². The highest BCUT2D eigenvalue weighted by atomic mass is 79.9. The quantitative estimate of drug-likeness (QED) is 0.141. The van der Waals surface area contributed by atoms with Crippen LogP contribution in [0.1, 0.15) is 52.2 Å². The number of thiazole rings is 2. The minimum atomic E-state index is -0.301. The third-order valence-electron chi connectivity index (χ3n) is 8.38. The summed E-state index contributed by atoms with van der Waals surface area (Å²) in [4.78, 5) is 10.7. The average molecular weight is 689 g/mol. The third kappa shape index (κ3) is 4.22. The Kier molecular flexibility index (Phi) is 7.38. The summed E-state index contributed by atoms with van der Waals surface area (Å²) < 4.78 is 2.51. The fourth-order valence-corrected chi connectivity index (χ4v) is 10.00. The predicted molar refractivity (Wildman–Crippen MR) is 179 cm³/mol. The van der Waals surface area contributed by atoms with Crippen molar-refractivity contribution in [2.45, 2.75) is 36.5 Å². The minimum Gasteiger partial charge on any atom is -0.241 e. The number of hydrogen-bond acceptors (Lipinski definition) is 4. The van der Waals surface area contributed by atoms with Crippen LogP contribution in [0.4, 0.5) is 0 Å². The summed E-state index contributed by atoms with van der Waals surface area (Å²) in [6.45, 7) is 0. The summed E-state index contributed by atoms with van der Waals surface area (Å²) in [5.74, 6) is 0.379. The van der Waals surface area contributed by atoms with Crippen molar-refractivity contribution in [2.75, 3.05) is 10.7 Å². The van der Waals surface area contributed by atoms with Crippen molar-refractivity contribution in [3.8, 4) is 11.1 Å². The normalized spacial score (nSPS) is 15.2. The smallest absolute Gasteiger partial charge is 0.0982 e. The molecule has 4 aromatic carbocycles. The number of alkyl halides is 2. The molecule has 1 aliphatic carbocycles. The molecule has 2 aromatic heterocycles. The predicted octanol–water partition coefficient (Wildman–Crippen LogP) is 10.7. The maximum absolute atomic E-state index is 5.35. The molecule has 6 heteroatoms. The molecule has 0 saturated heterocycles. The molecule has 0 N–H and O–H groups in total. The molecule has 0 aliphatic heterocycles. The van der Waals surface area contributed by atoms with E-state index in [0.29, 0.717) is 0 Å². The molecular weight excluding hydrogens is 660 g/mol. The number of hydrogen-bond donors (Lipinski definition) is 0.